The molecule has 2 heterocycles. The summed E-state index contributed by atoms with van der Waals surface area (Å²) in [6.45, 7) is 12.7. The first-order chi connectivity index (χ1) is 12.6. The van der Waals surface area contributed by atoms with Crippen molar-refractivity contribution < 1.29 is 0 Å². The molecule has 26 heavy (non-hydrogen) atoms. The molecule has 0 N–H and O–H groups in total. The van der Waals surface area contributed by atoms with Crippen molar-refractivity contribution in [2.24, 2.45) is 0 Å². The zero-order chi connectivity index (χ0) is 18.1. The first kappa shape index (κ1) is 17.9. The Labute approximate surface area is 162 Å². The van der Waals surface area contributed by atoms with Crippen LogP contribution in [0.25, 0.3) is 0 Å². The highest BCUT2D eigenvalue weighted by Gasteiger charge is 2.28. The van der Waals surface area contributed by atoms with E-state index in [1.807, 2.05) is 11.8 Å². The van der Waals surface area contributed by atoms with Crippen LogP contribution in [-0.4, -0.2) is 54.6 Å². The van der Waals surface area contributed by atoms with Gasteiger partial charge in [0.1, 0.15) is 0 Å². The van der Waals surface area contributed by atoms with Gasteiger partial charge in [-0.3, -0.25) is 9.80 Å². The molecule has 0 aliphatic carbocycles. The van der Waals surface area contributed by atoms with Crippen LogP contribution in [0, 0.1) is 0 Å². The molecule has 0 amide bonds. The van der Waals surface area contributed by atoms with Gasteiger partial charge >= 0.3 is 0 Å². The fraction of sp³-hybridized carbons (Fsp3) is 0.455. The summed E-state index contributed by atoms with van der Waals surface area (Å²) in [5, 5.41) is 0. The molecule has 2 aliphatic rings. The molecule has 1 atom stereocenters. The van der Waals surface area contributed by atoms with Gasteiger partial charge in [-0.05, 0) is 45.0 Å². The Morgan fingerprint density at radius 2 is 1.27 bits per heavy atom. The lowest BCUT2D eigenvalue weighted by molar-refractivity contribution is 0.0857. The summed E-state index contributed by atoms with van der Waals surface area (Å²) in [6, 6.07) is 18.8. The number of anilines is 2. The zero-order valence-electron chi connectivity index (χ0n) is 16.1. The third-order valence-electron chi connectivity index (χ3n) is 5.68. The van der Waals surface area contributed by atoms with Gasteiger partial charge in [-0.25, -0.2) is 0 Å². The lowest BCUT2D eigenvalue weighted by Crippen LogP contribution is -2.53. The van der Waals surface area contributed by atoms with Gasteiger partial charge in [0.05, 0.1) is 11.4 Å². The number of para-hydroxylation sites is 2. The molecule has 0 radical (unpaired) electrons. The Bertz CT molecular complexity index is 707. The predicted octanol–water partition coefficient (Wildman–Crippen LogP) is 4.70. The highest BCUT2D eigenvalue weighted by molar-refractivity contribution is 7.99. The van der Waals surface area contributed by atoms with Crippen LogP contribution in [0.5, 0.6) is 0 Å². The van der Waals surface area contributed by atoms with Gasteiger partial charge in [0.2, 0.25) is 0 Å². The molecule has 138 valence electrons. The highest BCUT2D eigenvalue weighted by atomic mass is 32.2. The maximum Gasteiger partial charge on any atom is 0.0553 e. The van der Waals surface area contributed by atoms with Crippen molar-refractivity contribution in [3.05, 3.63) is 48.5 Å². The van der Waals surface area contributed by atoms with Crippen molar-refractivity contribution in [3.8, 4) is 0 Å². The molecule has 2 aromatic rings. The Morgan fingerprint density at radius 3 is 1.81 bits per heavy atom. The second kappa shape index (κ2) is 7.63. The topological polar surface area (TPSA) is 9.72 Å². The number of fused-ring (bicyclic) bond motifs is 2. The first-order valence-electron chi connectivity index (χ1n) is 9.75. The van der Waals surface area contributed by atoms with Crippen molar-refractivity contribution in [2.45, 2.75) is 42.6 Å². The van der Waals surface area contributed by atoms with Crippen molar-refractivity contribution in [1.29, 1.82) is 0 Å². The van der Waals surface area contributed by atoms with Crippen LogP contribution in [0.2, 0.25) is 0 Å². The van der Waals surface area contributed by atoms with Gasteiger partial charge < -0.3 is 4.90 Å². The largest absolute Gasteiger partial charge is 0.338 e. The van der Waals surface area contributed by atoms with Gasteiger partial charge in [-0.2, -0.15) is 0 Å². The summed E-state index contributed by atoms with van der Waals surface area (Å²) < 4.78 is 0. The van der Waals surface area contributed by atoms with Gasteiger partial charge in [-0.15, -0.1) is 0 Å². The number of benzene rings is 2. The molecular weight excluding hydrogens is 338 g/mol. The lowest BCUT2D eigenvalue weighted by Gasteiger charge is -2.42. The maximum atomic E-state index is 2.66. The van der Waals surface area contributed by atoms with Crippen molar-refractivity contribution in [3.63, 3.8) is 0 Å². The minimum Gasteiger partial charge on any atom is -0.338 e. The van der Waals surface area contributed by atoms with E-state index in [0.717, 1.165) is 6.54 Å². The Balaban J connectivity index is 1.53. The van der Waals surface area contributed by atoms with Crippen LogP contribution in [0.4, 0.5) is 11.4 Å². The average Bonchev–Trinajstić information content (AvgIpc) is 2.67. The number of hydrogen-bond donors (Lipinski definition) is 0. The molecule has 0 saturated carbocycles. The van der Waals surface area contributed by atoms with Gasteiger partial charge in [0.15, 0.2) is 0 Å². The fourth-order valence-electron chi connectivity index (χ4n) is 4.05. The van der Waals surface area contributed by atoms with E-state index in [-0.39, 0.29) is 0 Å². The lowest BCUT2D eigenvalue weighted by atomic mass is 10.1. The standard InChI is InChI=1S/C22H29N3S/c1-17(2)23-12-14-24(15-13-23)18(3)16-25-19-8-4-6-10-21(19)26-22-11-7-5-9-20(22)25/h4-11,17-18H,12-16H2,1-3H3. The number of hydrogen-bond acceptors (Lipinski definition) is 4. The molecule has 2 aliphatic heterocycles. The third kappa shape index (κ3) is 3.51. The molecule has 0 spiro atoms. The van der Waals surface area contributed by atoms with E-state index in [9.17, 15) is 0 Å². The summed E-state index contributed by atoms with van der Waals surface area (Å²) in [7, 11) is 0. The van der Waals surface area contributed by atoms with Gasteiger partial charge in [-0.1, -0.05) is 36.0 Å². The number of piperazine rings is 1. The molecule has 2 aromatic carbocycles. The molecular formula is C22H29N3S. The predicted molar refractivity (Wildman–Crippen MR) is 112 cm³/mol. The summed E-state index contributed by atoms with van der Waals surface area (Å²) in [5.74, 6) is 0. The van der Waals surface area contributed by atoms with E-state index in [4.69, 9.17) is 0 Å². The average molecular weight is 368 g/mol. The van der Waals surface area contributed by atoms with E-state index in [1.165, 1.54) is 47.3 Å². The van der Waals surface area contributed by atoms with Crippen molar-refractivity contribution in [1.82, 2.24) is 9.80 Å². The van der Waals surface area contributed by atoms with Gasteiger partial charge in [0, 0.05) is 54.6 Å². The molecule has 1 fully saturated rings. The van der Waals surface area contributed by atoms with Crippen LogP contribution in [0.15, 0.2) is 58.3 Å². The van der Waals surface area contributed by atoms with Crippen LogP contribution < -0.4 is 4.90 Å². The molecule has 0 bridgehead atoms. The Morgan fingerprint density at radius 1 is 0.769 bits per heavy atom. The summed E-state index contributed by atoms with van der Waals surface area (Å²) in [4.78, 5) is 10.5. The minimum absolute atomic E-state index is 0.536. The maximum absolute atomic E-state index is 2.66. The van der Waals surface area contributed by atoms with Crippen LogP contribution in [0.3, 0.4) is 0 Å². The van der Waals surface area contributed by atoms with Crippen molar-refractivity contribution >= 4 is 23.1 Å². The first-order valence-corrected chi connectivity index (χ1v) is 10.6. The van der Waals surface area contributed by atoms with Crippen molar-refractivity contribution in [2.75, 3.05) is 37.6 Å². The third-order valence-corrected chi connectivity index (χ3v) is 6.81. The Hall–Kier alpha value is -1.49. The van der Waals surface area contributed by atoms with Crippen LogP contribution in [-0.2, 0) is 0 Å². The van der Waals surface area contributed by atoms with E-state index in [2.05, 4.69) is 84.0 Å². The summed E-state index contributed by atoms with van der Waals surface area (Å²) in [6.07, 6.45) is 0. The molecule has 1 saturated heterocycles. The number of nitrogens with zero attached hydrogens (tertiary/aromatic N) is 3. The van der Waals surface area contributed by atoms with E-state index in [0.29, 0.717) is 12.1 Å². The minimum atomic E-state index is 0.536. The monoisotopic (exact) mass is 367 g/mol. The zero-order valence-corrected chi connectivity index (χ0v) is 16.9. The summed E-state index contributed by atoms with van der Waals surface area (Å²) in [5.41, 5.74) is 2.70. The second-order valence-electron chi connectivity index (χ2n) is 7.66. The normalized spacial score (nSPS) is 19.3. The molecule has 4 rings (SSSR count). The summed E-state index contributed by atoms with van der Waals surface area (Å²) >= 11 is 1.89. The van der Waals surface area contributed by atoms with Crippen LogP contribution in [0.1, 0.15) is 20.8 Å². The quantitative estimate of drug-likeness (QED) is 0.774. The molecule has 0 aromatic heterocycles. The molecule has 4 heteroatoms. The fourth-order valence-corrected chi connectivity index (χ4v) is 5.15. The van der Waals surface area contributed by atoms with Gasteiger partial charge in [0.25, 0.3) is 0 Å². The highest BCUT2D eigenvalue weighted by Crippen LogP contribution is 2.47. The smallest absolute Gasteiger partial charge is 0.0553 e. The number of rotatable bonds is 4. The van der Waals surface area contributed by atoms with E-state index < -0.39 is 0 Å². The molecule has 3 nitrogen and oxygen atoms in total. The van der Waals surface area contributed by atoms with Crippen LogP contribution >= 0.6 is 11.8 Å². The SMILES string of the molecule is CC(C)N1CCN(C(C)CN2c3ccccc3Sc3ccccc32)CC1. The van der Waals surface area contributed by atoms with E-state index in [1.54, 1.807) is 0 Å². The molecule has 1 unspecified atom stereocenters. The van der Waals surface area contributed by atoms with E-state index >= 15 is 0 Å². The Kier molecular flexibility index (Phi) is 5.25. The second-order valence-corrected chi connectivity index (χ2v) is 8.75.